The third-order valence-electron chi connectivity index (χ3n) is 9.60. The fourth-order valence-corrected chi connectivity index (χ4v) is 7.58. The summed E-state index contributed by atoms with van der Waals surface area (Å²) >= 11 is 0. The first-order chi connectivity index (χ1) is 19.6. The number of likely N-dealkylation sites (N-methyl/N-ethyl adjacent to an activating group) is 1. The number of nitrogens with zero attached hydrogens (tertiary/aromatic N) is 1. The largest absolute Gasteiger partial charge is 0.508 e. The van der Waals surface area contributed by atoms with Crippen molar-refractivity contribution in [3.05, 3.63) is 39.9 Å². The molecule has 0 aliphatic heterocycles. The molecule has 5 rings (SSSR count). The molecule has 0 radical (unpaired) electrons. The van der Waals surface area contributed by atoms with Crippen molar-refractivity contribution < 1.29 is 44.0 Å². The number of Topliss-reactive ketones (excluding diaryl/α,β-unsaturated/α-hetero) is 2. The first kappa shape index (κ1) is 29.7. The van der Waals surface area contributed by atoms with Crippen LogP contribution in [0.4, 0.5) is 10.1 Å². The van der Waals surface area contributed by atoms with E-state index in [0.29, 0.717) is 12.3 Å². The Hall–Kier alpha value is -3.77. The Morgan fingerprint density at radius 1 is 1.17 bits per heavy atom. The molecule has 1 aromatic carbocycles. The zero-order chi connectivity index (χ0) is 30.9. The van der Waals surface area contributed by atoms with Gasteiger partial charge in [0.2, 0.25) is 11.7 Å². The molecule has 11 nitrogen and oxygen atoms in total. The highest BCUT2D eigenvalue weighted by Crippen LogP contribution is 2.58. The monoisotopic (exact) mass is 585 g/mol. The Morgan fingerprint density at radius 2 is 1.81 bits per heavy atom. The Labute approximate surface area is 241 Å². The molecule has 2 saturated carbocycles. The highest BCUT2D eigenvalue weighted by atomic mass is 19.1. The number of carbonyl (C=O) groups excluding carboxylic acids is 4. The Kier molecular flexibility index (Phi) is 7.21. The number of aliphatic hydroxyl groups is 3. The van der Waals surface area contributed by atoms with Gasteiger partial charge < -0.3 is 31.5 Å². The number of fused-ring (bicyclic) bond motifs is 3. The van der Waals surface area contributed by atoms with E-state index in [1.54, 1.807) is 6.92 Å². The molecule has 226 valence electrons. The fraction of sp³-hybridized carbons (Fsp3) is 0.533. The zero-order valence-electron chi connectivity index (χ0n) is 23.8. The zero-order valence-corrected chi connectivity index (χ0v) is 23.8. The SMILES string of the molecule is CN(C)[C@@H]1C(=O)C(C(N)=O)=C(O)[C@@]2(O)C(=O)C3=C(O)c4c(O)c(NC(=O)CCC5CCCC5)cc(F)c4C[C@@]3(C)C[C@@H]12. The molecule has 1 aromatic rings. The summed E-state index contributed by atoms with van der Waals surface area (Å²) in [5, 5.41) is 47.8. The molecule has 0 unspecified atom stereocenters. The van der Waals surface area contributed by atoms with Crippen molar-refractivity contribution in [2.24, 2.45) is 23.0 Å². The predicted octanol–water partition coefficient (Wildman–Crippen LogP) is 2.40. The Bertz CT molecular complexity index is 1480. The molecule has 4 atom stereocenters. The van der Waals surface area contributed by atoms with Crippen LogP contribution < -0.4 is 11.1 Å². The first-order valence-corrected chi connectivity index (χ1v) is 14.1. The number of hydrogen-bond acceptors (Lipinski definition) is 9. The Morgan fingerprint density at radius 3 is 2.40 bits per heavy atom. The van der Waals surface area contributed by atoms with Crippen LogP contribution in [0.2, 0.25) is 0 Å². The van der Waals surface area contributed by atoms with Crippen LogP contribution in [0.5, 0.6) is 5.75 Å². The number of phenols is 1. The minimum Gasteiger partial charge on any atom is -0.508 e. The number of ketones is 2. The highest BCUT2D eigenvalue weighted by Gasteiger charge is 2.66. The van der Waals surface area contributed by atoms with E-state index in [-0.39, 0.29) is 30.5 Å². The second-order valence-corrected chi connectivity index (χ2v) is 12.6. The number of hydrogen-bond donors (Lipinski definition) is 6. The summed E-state index contributed by atoms with van der Waals surface area (Å²) in [7, 11) is 2.99. The minimum absolute atomic E-state index is 0.112. The van der Waals surface area contributed by atoms with Gasteiger partial charge in [0, 0.05) is 35.0 Å². The second kappa shape index (κ2) is 10.2. The number of amides is 2. The molecule has 2 amide bonds. The molecule has 4 aliphatic carbocycles. The van der Waals surface area contributed by atoms with E-state index in [1.807, 2.05) is 0 Å². The van der Waals surface area contributed by atoms with Crippen LogP contribution in [0.1, 0.15) is 63.0 Å². The number of phenolic OH excluding ortho intramolecular Hbond substituents is 1. The van der Waals surface area contributed by atoms with Gasteiger partial charge in [-0.2, -0.15) is 0 Å². The molecule has 0 heterocycles. The molecular formula is C30H36FN3O8. The number of aliphatic hydroxyl groups excluding tert-OH is 2. The van der Waals surface area contributed by atoms with Gasteiger partial charge in [-0.15, -0.1) is 0 Å². The average molecular weight is 586 g/mol. The molecule has 0 saturated heterocycles. The van der Waals surface area contributed by atoms with E-state index in [2.05, 4.69) is 5.32 Å². The highest BCUT2D eigenvalue weighted by molar-refractivity contribution is 6.24. The van der Waals surface area contributed by atoms with Crippen molar-refractivity contribution in [1.82, 2.24) is 4.90 Å². The summed E-state index contributed by atoms with van der Waals surface area (Å²) in [6.07, 6.45) is 4.76. The van der Waals surface area contributed by atoms with Gasteiger partial charge in [-0.05, 0) is 39.3 Å². The van der Waals surface area contributed by atoms with Crippen LogP contribution in [0.3, 0.4) is 0 Å². The smallest absolute Gasteiger partial charge is 0.255 e. The lowest BCUT2D eigenvalue weighted by atomic mass is 9.52. The number of carbonyl (C=O) groups is 4. The normalized spacial score (nSPS) is 29.5. The molecule has 42 heavy (non-hydrogen) atoms. The standard InChI is InChI=1S/C30H36FN3O8/c1-29-11-14-16(31)10-17(33-18(35)9-8-13-6-4-5-7-13)23(36)19(14)24(37)21(29)27(40)30(42)15(12-29)22(34(2)3)25(38)20(26(30)39)28(32)41/h10,13,15,22,36-37,39,42H,4-9,11-12H2,1-3H3,(H2,32,41)(H,33,35)/t15-,22-,29-,30+/m0/s1. The third kappa shape index (κ3) is 4.30. The molecule has 12 heteroatoms. The number of benzene rings is 1. The van der Waals surface area contributed by atoms with Crippen LogP contribution in [0, 0.1) is 23.1 Å². The average Bonchev–Trinajstić information content (AvgIpc) is 3.41. The van der Waals surface area contributed by atoms with E-state index >= 15 is 4.39 Å². The lowest BCUT2D eigenvalue weighted by molar-refractivity contribution is -0.156. The van der Waals surface area contributed by atoms with Crippen LogP contribution in [0.15, 0.2) is 23.0 Å². The maximum absolute atomic E-state index is 15.6. The number of nitrogens with one attached hydrogen (secondary N) is 1. The van der Waals surface area contributed by atoms with Gasteiger partial charge in [-0.3, -0.25) is 24.1 Å². The molecule has 0 aromatic heterocycles. The number of primary amides is 1. The fourth-order valence-electron chi connectivity index (χ4n) is 7.58. The van der Waals surface area contributed by atoms with Crippen molar-refractivity contribution in [2.45, 2.75) is 69.9 Å². The van der Waals surface area contributed by atoms with Gasteiger partial charge in [0.1, 0.15) is 22.9 Å². The summed E-state index contributed by atoms with van der Waals surface area (Å²) in [5.74, 6) is -8.23. The first-order valence-electron chi connectivity index (χ1n) is 14.1. The summed E-state index contributed by atoms with van der Waals surface area (Å²) in [4.78, 5) is 53.5. The van der Waals surface area contributed by atoms with Crippen molar-refractivity contribution in [1.29, 1.82) is 0 Å². The quantitative estimate of drug-likeness (QED) is 0.215. The summed E-state index contributed by atoms with van der Waals surface area (Å²) in [6.45, 7) is 1.55. The predicted molar refractivity (Wildman–Crippen MR) is 149 cm³/mol. The van der Waals surface area contributed by atoms with E-state index < -0.39 is 86.2 Å². The lowest BCUT2D eigenvalue weighted by Gasteiger charge is -2.53. The van der Waals surface area contributed by atoms with Crippen LogP contribution in [0.25, 0.3) is 5.76 Å². The van der Waals surface area contributed by atoms with Gasteiger partial charge in [-0.25, -0.2) is 4.39 Å². The maximum Gasteiger partial charge on any atom is 0.255 e. The molecule has 0 spiro atoms. The summed E-state index contributed by atoms with van der Waals surface area (Å²) in [5.41, 5.74) is -0.950. The van der Waals surface area contributed by atoms with Gasteiger partial charge >= 0.3 is 0 Å². The lowest BCUT2D eigenvalue weighted by Crippen LogP contribution is -2.67. The van der Waals surface area contributed by atoms with Crippen LogP contribution in [-0.4, -0.2) is 74.4 Å². The van der Waals surface area contributed by atoms with E-state index in [1.165, 1.54) is 19.0 Å². The van der Waals surface area contributed by atoms with Crippen molar-refractivity contribution in [3.8, 4) is 5.75 Å². The molecule has 2 fully saturated rings. The number of anilines is 1. The molecule has 4 aliphatic rings. The van der Waals surface area contributed by atoms with Gasteiger partial charge in [0.05, 0.1) is 17.3 Å². The van der Waals surface area contributed by atoms with Crippen molar-refractivity contribution >= 4 is 34.8 Å². The number of rotatable bonds is 6. The topological polar surface area (TPSA) is 190 Å². The van der Waals surface area contributed by atoms with Gasteiger partial charge in [0.25, 0.3) is 5.91 Å². The summed E-state index contributed by atoms with van der Waals surface area (Å²) < 4.78 is 15.6. The number of nitrogens with two attached hydrogens (primary N) is 1. The number of aromatic hydroxyl groups is 1. The van der Waals surface area contributed by atoms with Gasteiger partial charge in [0.15, 0.2) is 17.1 Å². The minimum atomic E-state index is -2.81. The van der Waals surface area contributed by atoms with Crippen LogP contribution >= 0.6 is 0 Å². The maximum atomic E-state index is 15.6. The molecule has 7 N–H and O–H groups in total. The van der Waals surface area contributed by atoms with E-state index in [4.69, 9.17) is 5.73 Å². The second-order valence-electron chi connectivity index (χ2n) is 12.6. The Balaban J connectivity index is 1.59. The van der Waals surface area contributed by atoms with E-state index in [9.17, 15) is 39.6 Å². The number of halogens is 1. The van der Waals surface area contributed by atoms with E-state index in [0.717, 1.165) is 31.7 Å². The van der Waals surface area contributed by atoms with Crippen LogP contribution in [-0.2, 0) is 25.6 Å². The van der Waals surface area contributed by atoms with Crippen molar-refractivity contribution in [3.63, 3.8) is 0 Å². The molecular weight excluding hydrogens is 549 g/mol. The molecule has 0 bridgehead atoms. The van der Waals surface area contributed by atoms with Gasteiger partial charge in [-0.1, -0.05) is 32.6 Å². The van der Waals surface area contributed by atoms with Crippen molar-refractivity contribution in [2.75, 3.05) is 19.4 Å². The summed E-state index contributed by atoms with van der Waals surface area (Å²) in [6, 6.07) is -0.288. The third-order valence-corrected chi connectivity index (χ3v) is 9.60.